The summed E-state index contributed by atoms with van der Waals surface area (Å²) < 4.78 is 7.98. The fourth-order valence-corrected chi connectivity index (χ4v) is 4.02. The number of likely N-dealkylation sites (tertiary alicyclic amines) is 1. The molecule has 0 aliphatic carbocycles. The number of ether oxygens (including phenoxy) is 1. The second-order valence-electron chi connectivity index (χ2n) is 7.29. The highest BCUT2D eigenvalue weighted by Gasteiger charge is 2.34. The minimum absolute atomic E-state index is 0.0278. The molecule has 1 saturated heterocycles. The van der Waals surface area contributed by atoms with Crippen molar-refractivity contribution >= 4 is 5.91 Å². The Balaban J connectivity index is 1.46. The van der Waals surface area contributed by atoms with E-state index in [1.165, 1.54) is 12.8 Å². The maximum absolute atomic E-state index is 12.8. The van der Waals surface area contributed by atoms with E-state index in [0.717, 1.165) is 61.7 Å². The van der Waals surface area contributed by atoms with Crippen LogP contribution in [0.3, 0.4) is 0 Å². The van der Waals surface area contributed by atoms with E-state index in [2.05, 4.69) is 14.8 Å². The van der Waals surface area contributed by atoms with Gasteiger partial charge in [-0.2, -0.15) is 0 Å². The van der Waals surface area contributed by atoms with E-state index in [-0.39, 0.29) is 18.6 Å². The van der Waals surface area contributed by atoms with E-state index in [4.69, 9.17) is 4.74 Å². The highest BCUT2D eigenvalue weighted by atomic mass is 16.5. The Morgan fingerprint density at radius 3 is 3.00 bits per heavy atom. The summed E-state index contributed by atoms with van der Waals surface area (Å²) in [6, 6.07) is 7.83. The second kappa shape index (κ2) is 7.48. The number of hydrogen-bond donors (Lipinski definition) is 0. The number of fused-ring (bicyclic) bond motifs is 1. The van der Waals surface area contributed by atoms with Gasteiger partial charge in [0.05, 0.1) is 6.04 Å². The first-order chi connectivity index (χ1) is 12.7. The summed E-state index contributed by atoms with van der Waals surface area (Å²) in [7, 11) is 0. The first kappa shape index (κ1) is 17.1. The molecule has 6 heteroatoms. The fourth-order valence-electron chi connectivity index (χ4n) is 4.02. The molecule has 1 amide bonds. The predicted octanol–water partition coefficient (Wildman–Crippen LogP) is 3.06. The molecule has 0 saturated carbocycles. The zero-order valence-electron chi connectivity index (χ0n) is 15.4. The number of benzene rings is 1. The Morgan fingerprint density at radius 2 is 2.12 bits per heavy atom. The Bertz CT molecular complexity index is 786. The molecule has 6 nitrogen and oxygen atoms in total. The number of carbonyl (C=O) groups excluding carboxylic acids is 1. The molecule has 3 heterocycles. The molecule has 0 spiro atoms. The molecule has 1 aromatic carbocycles. The molecule has 2 aromatic rings. The van der Waals surface area contributed by atoms with Gasteiger partial charge in [0, 0.05) is 19.5 Å². The van der Waals surface area contributed by atoms with Gasteiger partial charge in [-0.05, 0) is 50.3 Å². The number of rotatable bonds is 4. The molecule has 1 fully saturated rings. The van der Waals surface area contributed by atoms with Crippen LogP contribution in [-0.2, 0) is 17.8 Å². The van der Waals surface area contributed by atoms with Gasteiger partial charge >= 0.3 is 0 Å². The third-order valence-electron chi connectivity index (χ3n) is 5.36. The minimum atomic E-state index is 0.0278. The number of carbonyl (C=O) groups is 1. The van der Waals surface area contributed by atoms with Crippen molar-refractivity contribution in [2.75, 3.05) is 13.2 Å². The van der Waals surface area contributed by atoms with Crippen LogP contribution in [0.4, 0.5) is 0 Å². The third kappa shape index (κ3) is 3.45. The van der Waals surface area contributed by atoms with Crippen molar-refractivity contribution in [1.82, 2.24) is 19.7 Å². The minimum Gasteiger partial charge on any atom is -0.484 e. The zero-order chi connectivity index (χ0) is 17.9. The molecule has 0 bridgehead atoms. The highest BCUT2D eigenvalue weighted by molar-refractivity contribution is 5.78. The van der Waals surface area contributed by atoms with Crippen molar-refractivity contribution in [3.05, 3.63) is 41.5 Å². The summed E-state index contributed by atoms with van der Waals surface area (Å²) in [4.78, 5) is 14.7. The van der Waals surface area contributed by atoms with E-state index in [1.54, 1.807) is 0 Å². The van der Waals surface area contributed by atoms with Crippen LogP contribution < -0.4 is 4.74 Å². The van der Waals surface area contributed by atoms with Crippen molar-refractivity contribution in [3.63, 3.8) is 0 Å². The topological polar surface area (TPSA) is 60.2 Å². The third-order valence-corrected chi connectivity index (χ3v) is 5.36. The summed E-state index contributed by atoms with van der Waals surface area (Å²) in [5.74, 6) is 2.81. The van der Waals surface area contributed by atoms with Gasteiger partial charge in [0.2, 0.25) is 0 Å². The normalized spacial score (nSPS) is 19.9. The first-order valence-electron chi connectivity index (χ1n) is 9.63. The summed E-state index contributed by atoms with van der Waals surface area (Å²) >= 11 is 0. The number of hydrogen-bond acceptors (Lipinski definition) is 4. The largest absolute Gasteiger partial charge is 0.484 e. The van der Waals surface area contributed by atoms with Crippen LogP contribution in [-0.4, -0.2) is 38.7 Å². The second-order valence-corrected chi connectivity index (χ2v) is 7.29. The van der Waals surface area contributed by atoms with Gasteiger partial charge in [-0.1, -0.05) is 18.6 Å². The quantitative estimate of drug-likeness (QED) is 0.847. The highest BCUT2D eigenvalue weighted by Crippen LogP contribution is 2.32. The molecule has 2 aliphatic heterocycles. The lowest BCUT2D eigenvalue weighted by Gasteiger charge is -2.24. The number of aromatic nitrogens is 3. The van der Waals surface area contributed by atoms with Gasteiger partial charge in [-0.15, -0.1) is 10.2 Å². The van der Waals surface area contributed by atoms with Crippen LogP contribution in [0.5, 0.6) is 5.75 Å². The summed E-state index contributed by atoms with van der Waals surface area (Å²) in [5, 5.41) is 8.86. The lowest BCUT2D eigenvalue weighted by atomic mass is 10.2. The zero-order valence-corrected chi connectivity index (χ0v) is 15.4. The maximum Gasteiger partial charge on any atom is 0.261 e. The molecule has 0 unspecified atom stereocenters. The average molecular weight is 354 g/mol. The predicted molar refractivity (Wildman–Crippen MR) is 97.9 cm³/mol. The average Bonchev–Trinajstić information content (AvgIpc) is 3.21. The van der Waals surface area contributed by atoms with Crippen LogP contribution >= 0.6 is 0 Å². The van der Waals surface area contributed by atoms with E-state index in [1.807, 2.05) is 36.1 Å². The summed E-state index contributed by atoms with van der Waals surface area (Å²) in [6.45, 7) is 3.82. The van der Waals surface area contributed by atoms with Gasteiger partial charge in [-0.3, -0.25) is 4.79 Å². The smallest absolute Gasteiger partial charge is 0.261 e. The van der Waals surface area contributed by atoms with E-state index in [9.17, 15) is 4.79 Å². The molecule has 4 rings (SSSR count). The molecule has 2 aliphatic rings. The van der Waals surface area contributed by atoms with Crippen molar-refractivity contribution in [3.8, 4) is 5.75 Å². The van der Waals surface area contributed by atoms with Crippen molar-refractivity contribution in [2.45, 2.75) is 58.0 Å². The van der Waals surface area contributed by atoms with Crippen LogP contribution in [0.25, 0.3) is 0 Å². The van der Waals surface area contributed by atoms with Crippen LogP contribution in [0.15, 0.2) is 24.3 Å². The van der Waals surface area contributed by atoms with Gasteiger partial charge in [0.15, 0.2) is 12.4 Å². The molecule has 1 atom stereocenters. The maximum atomic E-state index is 12.8. The standard InChI is InChI=1S/C20H26N4O2/c1-15-7-5-8-16(13-15)26-14-19(25)23-12-6-9-17(23)20-22-21-18-10-3-2-4-11-24(18)20/h5,7-8,13,17H,2-4,6,9-12,14H2,1H3/t17-/m0/s1. The SMILES string of the molecule is Cc1cccc(OCC(=O)N2CCC[C@H]2c2nnc3n2CCCCC3)c1. The molecule has 0 radical (unpaired) electrons. The Hall–Kier alpha value is -2.37. The van der Waals surface area contributed by atoms with Crippen LogP contribution in [0.2, 0.25) is 0 Å². The molecular weight excluding hydrogens is 328 g/mol. The number of nitrogens with zero attached hydrogens (tertiary/aromatic N) is 4. The Kier molecular flexibility index (Phi) is 4.91. The first-order valence-corrected chi connectivity index (χ1v) is 9.63. The van der Waals surface area contributed by atoms with Crippen molar-refractivity contribution < 1.29 is 9.53 Å². The number of amides is 1. The van der Waals surface area contributed by atoms with Crippen LogP contribution in [0, 0.1) is 6.92 Å². The molecule has 138 valence electrons. The Morgan fingerprint density at radius 1 is 1.19 bits per heavy atom. The lowest BCUT2D eigenvalue weighted by molar-refractivity contribution is -0.134. The van der Waals surface area contributed by atoms with Gasteiger partial charge in [0.1, 0.15) is 11.6 Å². The van der Waals surface area contributed by atoms with Gasteiger partial charge in [-0.25, -0.2) is 0 Å². The fraction of sp³-hybridized carbons (Fsp3) is 0.550. The lowest BCUT2D eigenvalue weighted by Crippen LogP contribution is -2.35. The van der Waals surface area contributed by atoms with Crippen LogP contribution in [0.1, 0.15) is 55.4 Å². The van der Waals surface area contributed by atoms with Gasteiger partial charge in [0.25, 0.3) is 5.91 Å². The van der Waals surface area contributed by atoms with E-state index >= 15 is 0 Å². The summed E-state index contributed by atoms with van der Waals surface area (Å²) in [6.07, 6.45) is 6.52. The van der Waals surface area contributed by atoms with Gasteiger partial charge < -0.3 is 14.2 Å². The van der Waals surface area contributed by atoms with E-state index < -0.39 is 0 Å². The molecule has 0 N–H and O–H groups in total. The summed E-state index contributed by atoms with van der Waals surface area (Å²) in [5.41, 5.74) is 1.13. The monoisotopic (exact) mass is 354 g/mol. The number of aryl methyl sites for hydroxylation is 2. The van der Waals surface area contributed by atoms with Crippen molar-refractivity contribution in [1.29, 1.82) is 0 Å². The molecular formula is C20H26N4O2. The molecule has 26 heavy (non-hydrogen) atoms. The molecule has 1 aromatic heterocycles. The van der Waals surface area contributed by atoms with Crippen molar-refractivity contribution in [2.24, 2.45) is 0 Å². The van der Waals surface area contributed by atoms with E-state index in [0.29, 0.717) is 0 Å². The Labute approximate surface area is 154 Å².